The molecule has 0 heterocycles. The third-order valence-electron chi connectivity index (χ3n) is 4.38. The lowest BCUT2D eigenvalue weighted by atomic mass is 10.2. The van der Waals surface area contributed by atoms with Crippen LogP contribution in [0, 0.1) is 0 Å². The molecule has 34 heavy (non-hydrogen) atoms. The highest BCUT2D eigenvalue weighted by molar-refractivity contribution is 9.10. The van der Waals surface area contributed by atoms with Gasteiger partial charge in [0, 0.05) is 4.47 Å². The van der Waals surface area contributed by atoms with Gasteiger partial charge in [0.05, 0.1) is 25.5 Å². The van der Waals surface area contributed by atoms with Crippen LogP contribution in [0.5, 0.6) is 23.0 Å². The second kappa shape index (κ2) is 12.4. The summed E-state index contributed by atoms with van der Waals surface area (Å²) in [5, 5.41) is 3.94. The third kappa shape index (κ3) is 7.35. The van der Waals surface area contributed by atoms with Crippen molar-refractivity contribution in [3.8, 4) is 23.0 Å². The SMILES string of the molecule is CCOc1cc(/C=N\NC(=O)COc2ccc(Br)cc2)ccc1OC(=O)c1ccc(OC)cc1. The Morgan fingerprint density at radius 2 is 1.65 bits per heavy atom. The van der Waals surface area contributed by atoms with Crippen molar-refractivity contribution in [1.29, 1.82) is 0 Å². The molecule has 0 unspecified atom stereocenters. The predicted molar refractivity (Wildman–Crippen MR) is 131 cm³/mol. The maximum Gasteiger partial charge on any atom is 0.343 e. The Morgan fingerprint density at radius 1 is 0.941 bits per heavy atom. The number of amides is 1. The molecule has 176 valence electrons. The number of carbonyl (C=O) groups excluding carboxylic acids is 2. The Kier molecular flexibility index (Phi) is 9.04. The summed E-state index contributed by atoms with van der Waals surface area (Å²) in [5.74, 6) is 0.924. The van der Waals surface area contributed by atoms with Crippen molar-refractivity contribution >= 4 is 34.0 Å². The second-order valence-electron chi connectivity index (χ2n) is 6.79. The molecule has 0 aromatic heterocycles. The van der Waals surface area contributed by atoms with Crippen LogP contribution in [0.1, 0.15) is 22.8 Å². The van der Waals surface area contributed by atoms with E-state index in [1.165, 1.54) is 6.21 Å². The Hall–Kier alpha value is -3.85. The number of halogens is 1. The Balaban J connectivity index is 1.58. The summed E-state index contributed by atoms with van der Waals surface area (Å²) in [4.78, 5) is 24.4. The highest BCUT2D eigenvalue weighted by Crippen LogP contribution is 2.29. The number of benzene rings is 3. The van der Waals surface area contributed by atoms with Crippen LogP contribution in [-0.2, 0) is 4.79 Å². The highest BCUT2D eigenvalue weighted by atomic mass is 79.9. The van der Waals surface area contributed by atoms with Gasteiger partial charge in [0.15, 0.2) is 18.1 Å². The van der Waals surface area contributed by atoms with E-state index in [9.17, 15) is 9.59 Å². The number of methoxy groups -OCH3 is 1. The van der Waals surface area contributed by atoms with Crippen LogP contribution in [0.3, 0.4) is 0 Å². The van der Waals surface area contributed by atoms with Crippen molar-refractivity contribution in [1.82, 2.24) is 5.43 Å². The van der Waals surface area contributed by atoms with Crippen LogP contribution in [0.2, 0.25) is 0 Å². The number of esters is 1. The van der Waals surface area contributed by atoms with Gasteiger partial charge < -0.3 is 18.9 Å². The molecule has 9 heteroatoms. The highest BCUT2D eigenvalue weighted by Gasteiger charge is 2.13. The summed E-state index contributed by atoms with van der Waals surface area (Å²) in [7, 11) is 1.55. The number of nitrogens with one attached hydrogen (secondary N) is 1. The molecular formula is C25H23BrN2O6. The van der Waals surface area contributed by atoms with Crippen LogP contribution in [-0.4, -0.2) is 38.4 Å². The molecule has 0 fully saturated rings. The van der Waals surface area contributed by atoms with Gasteiger partial charge in [-0.15, -0.1) is 0 Å². The largest absolute Gasteiger partial charge is 0.497 e. The predicted octanol–water partition coefficient (Wildman–Crippen LogP) is 4.60. The molecule has 0 saturated heterocycles. The van der Waals surface area contributed by atoms with E-state index < -0.39 is 11.9 Å². The third-order valence-corrected chi connectivity index (χ3v) is 4.91. The fraction of sp³-hybridized carbons (Fsp3) is 0.160. The van der Waals surface area contributed by atoms with E-state index in [0.717, 1.165) is 4.47 Å². The van der Waals surface area contributed by atoms with Gasteiger partial charge in [0.25, 0.3) is 5.91 Å². The van der Waals surface area contributed by atoms with Crippen LogP contribution < -0.4 is 24.4 Å². The first kappa shape index (κ1) is 24.8. The minimum atomic E-state index is -0.525. The van der Waals surface area contributed by atoms with E-state index >= 15 is 0 Å². The van der Waals surface area contributed by atoms with E-state index in [1.54, 1.807) is 61.7 Å². The topological polar surface area (TPSA) is 95.5 Å². The van der Waals surface area contributed by atoms with Crippen LogP contribution >= 0.6 is 15.9 Å². The number of hydrogen-bond acceptors (Lipinski definition) is 7. The number of ether oxygens (including phenoxy) is 4. The normalized spacial score (nSPS) is 10.6. The van der Waals surface area contributed by atoms with E-state index in [-0.39, 0.29) is 12.4 Å². The molecule has 0 saturated carbocycles. The smallest absolute Gasteiger partial charge is 0.343 e. The molecular weight excluding hydrogens is 504 g/mol. The number of hydrazone groups is 1. The molecule has 0 aliphatic carbocycles. The lowest BCUT2D eigenvalue weighted by Gasteiger charge is -2.11. The van der Waals surface area contributed by atoms with Gasteiger partial charge in [-0.1, -0.05) is 15.9 Å². The summed E-state index contributed by atoms with van der Waals surface area (Å²) >= 11 is 3.34. The zero-order chi connectivity index (χ0) is 24.3. The van der Waals surface area contributed by atoms with E-state index in [4.69, 9.17) is 18.9 Å². The maximum absolute atomic E-state index is 12.5. The van der Waals surface area contributed by atoms with E-state index in [2.05, 4.69) is 26.5 Å². The zero-order valence-corrected chi connectivity index (χ0v) is 20.2. The molecule has 0 aliphatic heterocycles. The molecule has 1 amide bonds. The molecule has 3 aromatic rings. The Labute approximate surface area is 205 Å². The minimum absolute atomic E-state index is 0.177. The van der Waals surface area contributed by atoms with Crippen LogP contribution in [0.15, 0.2) is 76.3 Å². The average molecular weight is 527 g/mol. The van der Waals surface area contributed by atoms with Gasteiger partial charge in [0.1, 0.15) is 11.5 Å². The van der Waals surface area contributed by atoms with E-state index in [0.29, 0.717) is 35.0 Å². The Bertz CT molecular complexity index is 1150. The number of hydrogen-bond donors (Lipinski definition) is 1. The molecule has 0 radical (unpaired) electrons. The molecule has 0 atom stereocenters. The quantitative estimate of drug-likeness (QED) is 0.179. The average Bonchev–Trinajstić information content (AvgIpc) is 2.85. The van der Waals surface area contributed by atoms with Crippen molar-refractivity contribution in [2.45, 2.75) is 6.92 Å². The summed E-state index contributed by atoms with van der Waals surface area (Å²) in [6.07, 6.45) is 1.45. The summed E-state index contributed by atoms with van der Waals surface area (Å²) in [6, 6.07) is 18.7. The molecule has 3 rings (SSSR count). The number of nitrogens with zero attached hydrogens (tertiary/aromatic N) is 1. The molecule has 0 bridgehead atoms. The lowest BCUT2D eigenvalue weighted by Crippen LogP contribution is -2.24. The Morgan fingerprint density at radius 3 is 2.32 bits per heavy atom. The molecule has 8 nitrogen and oxygen atoms in total. The van der Waals surface area contributed by atoms with Gasteiger partial charge in [-0.25, -0.2) is 10.2 Å². The van der Waals surface area contributed by atoms with E-state index in [1.807, 2.05) is 19.1 Å². The first-order chi connectivity index (χ1) is 16.5. The molecule has 1 N–H and O–H groups in total. The standard InChI is InChI=1S/C25H23BrN2O6/c1-3-32-23-14-17(15-27-28-24(29)16-33-21-11-7-19(26)8-12-21)4-13-22(23)34-25(30)18-5-9-20(31-2)10-6-18/h4-15H,3,16H2,1-2H3,(H,28,29)/b27-15-. The van der Waals surface area contributed by atoms with Gasteiger partial charge in [-0.3, -0.25) is 4.79 Å². The molecule has 0 spiro atoms. The van der Waals surface area contributed by atoms with Gasteiger partial charge in [0.2, 0.25) is 0 Å². The van der Waals surface area contributed by atoms with Crippen LogP contribution in [0.4, 0.5) is 0 Å². The maximum atomic E-state index is 12.5. The summed E-state index contributed by atoms with van der Waals surface area (Å²) < 4.78 is 22.5. The molecule has 0 aliphatic rings. The minimum Gasteiger partial charge on any atom is -0.497 e. The first-order valence-corrected chi connectivity index (χ1v) is 11.1. The summed E-state index contributed by atoms with van der Waals surface area (Å²) in [6.45, 7) is 2.02. The number of carbonyl (C=O) groups is 2. The molecule has 3 aromatic carbocycles. The fourth-order valence-corrected chi connectivity index (χ4v) is 3.00. The first-order valence-electron chi connectivity index (χ1n) is 10.3. The summed E-state index contributed by atoms with van der Waals surface area (Å²) in [5.41, 5.74) is 3.42. The monoisotopic (exact) mass is 526 g/mol. The second-order valence-corrected chi connectivity index (χ2v) is 7.71. The van der Waals surface area contributed by atoms with Gasteiger partial charge >= 0.3 is 5.97 Å². The van der Waals surface area contributed by atoms with Crippen molar-refractivity contribution < 1.29 is 28.5 Å². The van der Waals surface area contributed by atoms with Gasteiger partial charge in [-0.05, 0) is 79.2 Å². The number of rotatable bonds is 10. The zero-order valence-electron chi connectivity index (χ0n) is 18.6. The van der Waals surface area contributed by atoms with Gasteiger partial charge in [-0.2, -0.15) is 5.10 Å². The fourth-order valence-electron chi connectivity index (χ4n) is 2.73. The van der Waals surface area contributed by atoms with Crippen molar-refractivity contribution in [2.24, 2.45) is 5.10 Å². The van der Waals surface area contributed by atoms with Crippen molar-refractivity contribution in [2.75, 3.05) is 20.3 Å². The lowest BCUT2D eigenvalue weighted by molar-refractivity contribution is -0.123. The van der Waals surface area contributed by atoms with Crippen molar-refractivity contribution in [3.63, 3.8) is 0 Å². The van der Waals surface area contributed by atoms with Crippen molar-refractivity contribution in [3.05, 3.63) is 82.3 Å². The van der Waals surface area contributed by atoms with Crippen LogP contribution in [0.25, 0.3) is 0 Å².